The highest BCUT2D eigenvalue weighted by Gasteiger charge is 2.37. The normalized spacial score (nSPS) is 16.2. The van der Waals surface area contributed by atoms with Gasteiger partial charge in [-0.2, -0.15) is 9.13 Å². The van der Waals surface area contributed by atoms with Crippen molar-refractivity contribution in [2.24, 2.45) is 28.2 Å². The van der Waals surface area contributed by atoms with Crippen LogP contribution in [-0.2, 0) is 28.2 Å². The molecule has 4 nitrogen and oxygen atoms in total. The predicted octanol–water partition coefficient (Wildman–Crippen LogP) is 31.6. The average Bonchev–Trinajstić information content (AvgIpc) is 1.66. The van der Waals surface area contributed by atoms with Crippen molar-refractivity contribution >= 4 is 117 Å². The van der Waals surface area contributed by atoms with Crippen molar-refractivity contribution < 1.29 is 21.0 Å². The van der Waals surface area contributed by atoms with Crippen LogP contribution in [0.2, 0.25) is 52.4 Å². The Morgan fingerprint density at radius 2 is 0.490 bits per heavy atom. The third-order valence-electron chi connectivity index (χ3n) is 36.9. The Labute approximate surface area is 893 Å². The third-order valence-corrected chi connectivity index (χ3v) is 51.0. The smallest absolute Gasteiger partial charge is 0.200 e. The van der Waals surface area contributed by atoms with E-state index in [9.17, 15) is 0 Å². The van der Waals surface area contributed by atoms with Gasteiger partial charge in [0.25, 0.3) is 0 Å². The minimum absolute atomic E-state index is 0. The number of hydrogen-bond donors (Lipinski definition) is 0. The lowest BCUT2D eigenvalue weighted by Gasteiger charge is -2.28. The second-order valence-corrected chi connectivity index (χ2v) is 65.0. The van der Waals surface area contributed by atoms with Crippen molar-refractivity contribution in [3.05, 3.63) is 358 Å². The summed E-state index contributed by atoms with van der Waals surface area (Å²) in [7, 11) is 1.47. The minimum Gasteiger partial charge on any atom is -0.200 e. The standard InChI is InChI=1S/C37H46NSi.C35H42NSi.C33H40NSi.C32H38NSi.2CH4/c1-27-35(29-16-10-6-11-17-29)25-31(28-14-8-5-9-15-28)26-36(27)37-34-21-20-33(24-30(34)22-23-38(37)2)39(3,4)32-18-12-7-13-19-32;1-25-33(27-14-10-11-15-27)23-29(26-12-8-9-13-26)24-34(25)35-32-19-18-31(22-28(32)20-21-36(35)2)37(3,4)30-16-6-5-7-17-30;1-23-19-27(26-13-9-7-10-14-26)22-32(25(23)3)33-31-18-17-30(21-28(31)20-24(2)34(33)4)35(5,6)29-15-11-8-12-16-29;1-23-16-17-26(25-12-8-6-9-13-25)22-31(23)32-30-19-18-29(21-27(30)20-24(2)33(32)3)34(4,5)28-14-10-7-11-15-28;;/h7,12-13,18-26,28-29H,5-6,8-11,14-17H2,1-4H3;5-7,16-24,26-27H,8-15H2,1-4H3;8,11-12,15-22,26H,7,9-10,13-14H2,1-6H3;7,10-11,14-22,25H,6,8-9,12-13H2,1-5H3;2*1H4/q4*+1;;/i23D;21D;;;;. The molecule has 4 heterocycles. The number of rotatable bonds is 18. The molecule has 4 aromatic heterocycles. The van der Waals surface area contributed by atoms with Crippen molar-refractivity contribution in [3.63, 3.8) is 0 Å². The molecule has 6 aliphatic rings. The predicted molar refractivity (Wildman–Crippen MR) is 647 cm³/mol. The Kier molecular flexibility index (Phi) is 33.0. The van der Waals surface area contributed by atoms with Crippen molar-refractivity contribution in [1.29, 1.82) is 0 Å². The molecule has 6 fully saturated rings. The number of pyridine rings is 4. The van der Waals surface area contributed by atoms with Crippen LogP contribution in [0.25, 0.3) is 88.1 Å². The van der Waals surface area contributed by atoms with Crippen LogP contribution in [0, 0.1) is 48.5 Å². The van der Waals surface area contributed by atoms with E-state index in [4.69, 9.17) is 2.74 Å². The summed E-state index contributed by atoms with van der Waals surface area (Å²) in [5.41, 5.74) is 29.7. The summed E-state index contributed by atoms with van der Waals surface area (Å²) < 4.78 is 27.1. The molecular weight excluding hydrogens is 1840 g/mol. The number of nitrogens with zero attached hydrogens (tertiary/aromatic N) is 4. The molecule has 0 saturated heterocycles. The molecule has 147 heavy (non-hydrogen) atoms. The summed E-state index contributed by atoms with van der Waals surface area (Å²) in [4.78, 5) is 0. The molecule has 0 aliphatic heterocycles. The topological polar surface area (TPSA) is 15.5 Å². The SMILES string of the molecule is C.C.Cc1cc(C2CCCCC2)cc(-c2c3ccc([Si](C)(C)c4ccccc4)cc3cc(C)[n+]2C)c1C.Cc1ccc(C2CCCCC2)cc1-c1c2ccc([Si](C)(C)c3ccccc3)cc2cc(C)[n+]1C.[2H]c1cc2cc([Si](C)(C)c3ccccc3)ccc2c(-c2cc(C3CCCC3)cc(C3CCCC3)c2C)[n+]1C.[2H]c1cc2cc([Si](C)(C)c3ccccc3)ccc2c(-c2cc(C3CCCCC3)cc(C3CCCCC3)c2C)[n+]1C. The van der Waals surface area contributed by atoms with Crippen LogP contribution in [0.15, 0.2) is 285 Å². The molecule has 0 bridgehead atoms. The first kappa shape index (κ1) is 105. The van der Waals surface area contributed by atoms with Crippen LogP contribution >= 0.6 is 0 Å². The molecule has 22 rings (SSSR count). The second-order valence-electron chi connectivity index (χ2n) is 47.4. The molecule has 6 saturated carbocycles. The van der Waals surface area contributed by atoms with E-state index in [1.165, 1.54) is 354 Å². The number of aromatic nitrogens is 4. The van der Waals surface area contributed by atoms with Gasteiger partial charge in [0.15, 0.2) is 23.7 Å². The van der Waals surface area contributed by atoms with Crippen molar-refractivity contribution in [1.82, 2.24) is 0 Å². The van der Waals surface area contributed by atoms with Gasteiger partial charge in [-0.25, -0.2) is 9.13 Å². The molecule has 0 N–H and O–H groups in total. The highest BCUT2D eigenvalue weighted by Crippen LogP contribution is 2.48. The van der Waals surface area contributed by atoms with E-state index in [1.807, 2.05) is 0 Å². The molecule has 8 heteroatoms. The highest BCUT2D eigenvalue weighted by atomic mass is 28.3. The second kappa shape index (κ2) is 46.3. The van der Waals surface area contributed by atoms with E-state index in [1.54, 1.807) is 27.8 Å². The van der Waals surface area contributed by atoms with Gasteiger partial charge < -0.3 is 0 Å². The Hall–Kier alpha value is -10.9. The van der Waals surface area contributed by atoms with E-state index in [-0.39, 0.29) is 14.9 Å². The molecular formula is C139H174N4Si4+4. The van der Waals surface area contributed by atoms with E-state index in [0.29, 0.717) is 41.9 Å². The lowest BCUT2D eigenvalue weighted by atomic mass is 9.76. The summed E-state index contributed by atoms with van der Waals surface area (Å²) in [6.45, 7) is 35.8. The zero-order chi connectivity index (χ0) is 103. The summed E-state index contributed by atoms with van der Waals surface area (Å²) in [5, 5.41) is 22.1. The van der Waals surface area contributed by atoms with Crippen LogP contribution < -0.4 is 59.8 Å². The molecule has 0 spiro atoms. The molecule has 12 aromatic carbocycles. The van der Waals surface area contributed by atoms with E-state index >= 15 is 0 Å². The van der Waals surface area contributed by atoms with E-state index in [0.717, 1.165) is 5.92 Å². The third kappa shape index (κ3) is 22.5. The summed E-state index contributed by atoms with van der Waals surface area (Å²) in [6, 6.07) is 104. The fraction of sp³-hybridized carbons (Fsp3) is 0.396. The van der Waals surface area contributed by atoms with Crippen LogP contribution in [0.3, 0.4) is 0 Å². The van der Waals surface area contributed by atoms with Gasteiger partial charge in [0.1, 0.15) is 63.2 Å². The zero-order valence-corrected chi connectivity index (χ0v) is 95.5. The number of benzene rings is 12. The van der Waals surface area contributed by atoms with Crippen molar-refractivity contribution in [3.8, 4) is 45.0 Å². The van der Waals surface area contributed by atoms with Gasteiger partial charge >= 0.3 is 0 Å². The first-order chi connectivity index (χ1) is 70.8. The van der Waals surface area contributed by atoms with Gasteiger partial charge in [-0.3, -0.25) is 0 Å². The van der Waals surface area contributed by atoms with Gasteiger partial charge in [-0.05, 0) is 278 Å². The van der Waals surface area contributed by atoms with Gasteiger partial charge in [0.2, 0.25) is 22.8 Å². The van der Waals surface area contributed by atoms with Crippen molar-refractivity contribution in [2.75, 3.05) is 0 Å². The van der Waals surface area contributed by atoms with E-state index in [2.05, 4.69) is 420 Å². The molecule has 6 aliphatic carbocycles. The fourth-order valence-electron chi connectivity index (χ4n) is 26.8. The van der Waals surface area contributed by atoms with Gasteiger partial charge in [0.05, 0.1) is 38.2 Å². The van der Waals surface area contributed by atoms with Gasteiger partial charge in [0, 0.05) is 43.7 Å². The van der Waals surface area contributed by atoms with Crippen LogP contribution in [-0.4, -0.2) is 32.3 Å². The largest absolute Gasteiger partial charge is 0.220 e. The van der Waals surface area contributed by atoms with Crippen molar-refractivity contribution in [2.45, 2.75) is 331 Å². The lowest BCUT2D eigenvalue weighted by molar-refractivity contribution is -0.665. The maximum atomic E-state index is 9.03. The Morgan fingerprint density at radius 1 is 0.224 bits per heavy atom. The monoisotopic (exact) mass is 2010 g/mol. The Balaban J connectivity index is 0.000000135. The lowest BCUT2D eigenvalue weighted by Crippen LogP contribution is -2.52. The van der Waals surface area contributed by atoms with Crippen LogP contribution in [0.5, 0.6) is 0 Å². The molecule has 762 valence electrons. The number of fused-ring (bicyclic) bond motifs is 4. The maximum Gasteiger partial charge on any atom is 0.220 e. The van der Waals surface area contributed by atoms with Crippen LogP contribution in [0.4, 0.5) is 0 Å². The minimum atomic E-state index is -1.84. The molecule has 0 atom stereocenters. The van der Waals surface area contributed by atoms with E-state index < -0.39 is 32.3 Å². The molecule has 0 unspecified atom stereocenters. The summed E-state index contributed by atoms with van der Waals surface area (Å²) in [5.74, 6) is 4.17. The van der Waals surface area contributed by atoms with Crippen LogP contribution in [0.1, 0.15) is 305 Å². The fourth-order valence-corrected chi connectivity index (χ4v) is 36.3. The quantitative estimate of drug-likeness (QED) is 0.0601. The zero-order valence-electron chi connectivity index (χ0n) is 93.5. The first-order valence-corrected chi connectivity index (χ1v) is 68.3. The summed E-state index contributed by atoms with van der Waals surface area (Å²) in [6.07, 6.45) is 39.0. The molecule has 0 amide bonds. The molecule has 0 radical (unpaired) electrons. The maximum absolute atomic E-state index is 9.03. The number of hydrogen-bond acceptors (Lipinski definition) is 0. The highest BCUT2D eigenvalue weighted by molar-refractivity contribution is 7.02. The summed E-state index contributed by atoms with van der Waals surface area (Å²) >= 11 is 0. The molecule has 16 aromatic rings. The average molecular weight is 2020 g/mol. The van der Waals surface area contributed by atoms with Gasteiger partial charge in [-0.15, -0.1) is 0 Å². The number of aryl methyl sites for hydroxylation is 4. The first-order valence-electron chi connectivity index (χ1n) is 57.3. The Bertz CT molecular complexity index is 7470. The van der Waals surface area contributed by atoms with Gasteiger partial charge in [-0.1, -0.05) is 412 Å². The Morgan fingerprint density at radius 3 is 0.816 bits per heavy atom.